The number of aryl methyl sites for hydroxylation is 2. The summed E-state index contributed by atoms with van der Waals surface area (Å²) < 4.78 is 3.73. The van der Waals surface area contributed by atoms with E-state index < -0.39 is 0 Å². The average Bonchev–Trinajstić information content (AvgIpc) is 3.36. The Balaban J connectivity index is 1.61. The summed E-state index contributed by atoms with van der Waals surface area (Å²) in [5.41, 5.74) is 6.49. The fraction of sp³-hybridized carbons (Fsp3) is 0.143. The molecule has 0 aliphatic heterocycles. The lowest BCUT2D eigenvalue weighted by atomic mass is 10.1. The summed E-state index contributed by atoms with van der Waals surface area (Å²) >= 11 is 1.54. The first kappa shape index (κ1) is 16.8. The molecular weight excluding hydrogens is 368 g/mol. The van der Waals surface area contributed by atoms with Gasteiger partial charge in [-0.25, -0.2) is 4.68 Å². The molecule has 0 unspecified atom stereocenters. The van der Waals surface area contributed by atoms with Gasteiger partial charge in [-0.1, -0.05) is 46.7 Å². The zero-order chi connectivity index (χ0) is 19.3. The van der Waals surface area contributed by atoms with Crippen LogP contribution < -0.4 is 0 Å². The lowest BCUT2D eigenvalue weighted by Crippen LogP contribution is -1.99. The molecule has 3 aromatic heterocycles. The summed E-state index contributed by atoms with van der Waals surface area (Å²) in [6.45, 7) is 6.24. The van der Waals surface area contributed by atoms with Crippen LogP contribution in [0.3, 0.4) is 0 Å². The number of hydrogen-bond donors (Lipinski definition) is 0. The van der Waals surface area contributed by atoms with Crippen LogP contribution in [0.4, 0.5) is 0 Å². The summed E-state index contributed by atoms with van der Waals surface area (Å²) in [5, 5.41) is 19.0. The number of benzene rings is 2. The standard InChI is InChI=1S/C21H18N6S/c1-13-9-14(2)11-16(10-13)20-25-27-19(23-24-21(27)28-20)18-12-22-26(15(18)3)17-7-5-4-6-8-17/h4-12H,1-3H3. The number of rotatable bonds is 3. The van der Waals surface area contributed by atoms with Crippen molar-refractivity contribution in [2.75, 3.05) is 0 Å². The van der Waals surface area contributed by atoms with Crippen molar-refractivity contribution in [1.82, 2.24) is 29.6 Å². The van der Waals surface area contributed by atoms with Gasteiger partial charge in [0.2, 0.25) is 4.96 Å². The van der Waals surface area contributed by atoms with Gasteiger partial charge in [0.15, 0.2) is 5.82 Å². The van der Waals surface area contributed by atoms with E-state index in [4.69, 9.17) is 5.10 Å². The minimum atomic E-state index is 0.710. The SMILES string of the molecule is Cc1cc(C)cc(-c2nn3c(-c4cnn(-c5ccccc5)c4C)nnc3s2)c1. The van der Waals surface area contributed by atoms with Gasteiger partial charge in [-0.2, -0.15) is 14.7 Å². The van der Waals surface area contributed by atoms with Crippen LogP contribution in [-0.2, 0) is 0 Å². The monoisotopic (exact) mass is 386 g/mol. The summed E-state index contributed by atoms with van der Waals surface area (Å²) in [5.74, 6) is 0.710. The molecule has 0 aliphatic carbocycles. The number of hydrogen-bond acceptors (Lipinski definition) is 5. The van der Waals surface area contributed by atoms with Crippen LogP contribution in [0.1, 0.15) is 16.8 Å². The van der Waals surface area contributed by atoms with E-state index in [9.17, 15) is 0 Å². The Bertz CT molecular complexity index is 1280. The molecule has 0 saturated heterocycles. The second-order valence-electron chi connectivity index (χ2n) is 6.89. The first-order valence-electron chi connectivity index (χ1n) is 9.01. The van der Waals surface area contributed by atoms with Crippen LogP contribution in [0.5, 0.6) is 0 Å². The van der Waals surface area contributed by atoms with E-state index in [2.05, 4.69) is 47.3 Å². The van der Waals surface area contributed by atoms with E-state index >= 15 is 0 Å². The van der Waals surface area contributed by atoms with Crippen molar-refractivity contribution in [2.45, 2.75) is 20.8 Å². The van der Waals surface area contributed by atoms with Gasteiger partial charge in [-0.05, 0) is 45.0 Å². The third-order valence-electron chi connectivity index (χ3n) is 4.71. The lowest BCUT2D eigenvalue weighted by Gasteiger charge is -2.04. The predicted molar refractivity (Wildman–Crippen MR) is 111 cm³/mol. The van der Waals surface area contributed by atoms with Crippen molar-refractivity contribution < 1.29 is 0 Å². The Hall–Kier alpha value is -3.32. The quantitative estimate of drug-likeness (QED) is 0.453. The highest BCUT2D eigenvalue weighted by Gasteiger charge is 2.19. The molecule has 0 amide bonds. The third-order valence-corrected chi connectivity index (χ3v) is 5.66. The normalized spacial score (nSPS) is 11.4. The Kier molecular flexibility index (Phi) is 3.84. The molecule has 28 heavy (non-hydrogen) atoms. The molecule has 0 bridgehead atoms. The number of nitrogens with zero attached hydrogens (tertiary/aromatic N) is 6. The van der Waals surface area contributed by atoms with Gasteiger partial charge in [0, 0.05) is 5.56 Å². The van der Waals surface area contributed by atoms with Crippen molar-refractivity contribution >= 4 is 16.3 Å². The Labute approximate surface area is 166 Å². The fourth-order valence-corrected chi connectivity index (χ4v) is 4.28. The van der Waals surface area contributed by atoms with E-state index in [0.717, 1.165) is 32.5 Å². The van der Waals surface area contributed by atoms with Crippen LogP contribution >= 0.6 is 11.3 Å². The van der Waals surface area contributed by atoms with Gasteiger partial charge in [0.1, 0.15) is 5.01 Å². The van der Waals surface area contributed by atoms with Crippen LogP contribution in [0, 0.1) is 20.8 Å². The molecule has 138 valence electrons. The molecule has 0 fully saturated rings. The first-order valence-corrected chi connectivity index (χ1v) is 9.83. The van der Waals surface area contributed by atoms with Crippen molar-refractivity contribution in [2.24, 2.45) is 0 Å². The zero-order valence-corrected chi connectivity index (χ0v) is 16.6. The minimum absolute atomic E-state index is 0.710. The van der Waals surface area contributed by atoms with Crippen molar-refractivity contribution in [3.05, 3.63) is 71.5 Å². The van der Waals surface area contributed by atoms with E-state index in [1.54, 1.807) is 11.3 Å². The third kappa shape index (κ3) is 2.71. The fourth-order valence-electron chi connectivity index (χ4n) is 3.46. The number of para-hydroxylation sites is 1. The average molecular weight is 386 g/mol. The van der Waals surface area contributed by atoms with E-state index in [1.165, 1.54) is 11.1 Å². The van der Waals surface area contributed by atoms with E-state index in [1.807, 2.05) is 52.6 Å². The molecule has 5 aromatic rings. The topological polar surface area (TPSA) is 60.9 Å². The molecule has 0 spiro atoms. The molecule has 5 rings (SSSR count). The molecule has 0 radical (unpaired) electrons. The Morgan fingerprint density at radius 2 is 1.64 bits per heavy atom. The zero-order valence-electron chi connectivity index (χ0n) is 15.8. The molecule has 7 heteroatoms. The van der Waals surface area contributed by atoms with Crippen LogP contribution in [0.15, 0.2) is 54.7 Å². The first-order chi connectivity index (χ1) is 13.6. The second kappa shape index (κ2) is 6.38. The van der Waals surface area contributed by atoms with Gasteiger partial charge < -0.3 is 0 Å². The predicted octanol–water partition coefficient (Wildman–Crippen LogP) is 4.63. The van der Waals surface area contributed by atoms with E-state index in [0.29, 0.717) is 5.82 Å². The molecule has 0 saturated carbocycles. The van der Waals surface area contributed by atoms with Crippen molar-refractivity contribution in [3.63, 3.8) is 0 Å². The van der Waals surface area contributed by atoms with Gasteiger partial charge in [-0.15, -0.1) is 10.2 Å². The smallest absolute Gasteiger partial charge is 0.235 e. The van der Waals surface area contributed by atoms with Gasteiger partial charge in [0.05, 0.1) is 23.1 Å². The molecule has 0 aliphatic rings. The number of fused-ring (bicyclic) bond motifs is 1. The molecule has 3 heterocycles. The summed E-state index contributed by atoms with van der Waals surface area (Å²) in [4.78, 5) is 0.774. The minimum Gasteiger partial charge on any atom is -0.237 e. The number of aromatic nitrogens is 6. The molecule has 2 aromatic carbocycles. The maximum absolute atomic E-state index is 4.80. The van der Waals surface area contributed by atoms with E-state index in [-0.39, 0.29) is 0 Å². The highest BCUT2D eigenvalue weighted by molar-refractivity contribution is 7.19. The second-order valence-corrected chi connectivity index (χ2v) is 7.85. The van der Waals surface area contributed by atoms with Gasteiger partial charge >= 0.3 is 0 Å². The summed E-state index contributed by atoms with van der Waals surface area (Å²) in [6, 6.07) is 16.5. The summed E-state index contributed by atoms with van der Waals surface area (Å²) in [7, 11) is 0. The largest absolute Gasteiger partial charge is 0.237 e. The van der Waals surface area contributed by atoms with Crippen molar-refractivity contribution in [1.29, 1.82) is 0 Å². The Morgan fingerprint density at radius 1 is 0.893 bits per heavy atom. The van der Waals surface area contributed by atoms with Gasteiger partial charge in [0.25, 0.3) is 0 Å². The van der Waals surface area contributed by atoms with Gasteiger partial charge in [-0.3, -0.25) is 0 Å². The molecule has 6 nitrogen and oxygen atoms in total. The van der Waals surface area contributed by atoms with Crippen molar-refractivity contribution in [3.8, 4) is 27.6 Å². The Morgan fingerprint density at radius 3 is 2.39 bits per heavy atom. The molecular formula is C21H18N6S. The van der Waals surface area contributed by atoms with Crippen LogP contribution in [0.25, 0.3) is 32.6 Å². The van der Waals surface area contributed by atoms with Crippen LogP contribution in [0.2, 0.25) is 0 Å². The maximum Gasteiger partial charge on any atom is 0.235 e. The highest BCUT2D eigenvalue weighted by Crippen LogP contribution is 2.30. The highest BCUT2D eigenvalue weighted by atomic mass is 32.1. The lowest BCUT2D eigenvalue weighted by molar-refractivity contribution is 0.846. The summed E-state index contributed by atoms with van der Waals surface area (Å²) in [6.07, 6.45) is 1.83. The molecule has 0 atom stereocenters. The molecule has 0 N–H and O–H groups in total. The maximum atomic E-state index is 4.80. The van der Waals surface area contributed by atoms with Crippen LogP contribution in [-0.4, -0.2) is 29.6 Å².